The Hall–Kier alpha value is -2.67. The molecule has 0 saturated carbocycles. The van der Waals surface area contributed by atoms with Gasteiger partial charge in [0.1, 0.15) is 7.05 Å². The van der Waals surface area contributed by atoms with E-state index in [0.717, 1.165) is 16.5 Å². The average molecular weight is 370 g/mol. The first-order valence-corrected chi connectivity index (χ1v) is 10.1. The first-order valence-electron chi connectivity index (χ1n) is 10.6. The summed E-state index contributed by atoms with van der Waals surface area (Å²) in [5.74, 6) is 0.451. The van der Waals surface area contributed by atoms with Crippen LogP contribution in [0.25, 0.3) is 32.8 Å². The number of aryl methyl sites for hydroxylation is 2. The zero-order valence-corrected chi connectivity index (χ0v) is 18.1. The summed E-state index contributed by atoms with van der Waals surface area (Å²) < 4.78 is 11.2. The normalized spacial score (nSPS) is 12.2. The van der Waals surface area contributed by atoms with Crippen molar-refractivity contribution < 1.29 is 5.94 Å². The fourth-order valence-corrected chi connectivity index (χ4v) is 4.44. The first-order chi connectivity index (χ1) is 13.7. The Morgan fingerprint density at radius 1 is 0.857 bits per heavy atom. The summed E-state index contributed by atoms with van der Waals surface area (Å²) in [5.41, 5.74) is 8.69. The van der Waals surface area contributed by atoms with Crippen molar-refractivity contribution in [1.82, 2.24) is 0 Å². The first kappa shape index (κ1) is 17.4. The molecule has 4 rings (SSSR count). The Balaban J connectivity index is 2.24. The summed E-state index contributed by atoms with van der Waals surface area (Å²) >= 11 is 0. The van der Waals surface area contributed by atoms with E-state index in [1.807, 2.05) is 0 Å². The molecule has 28 heavy (non-hydrogen) atoms. The molecule has 1 aromatic heterocycles. The lowest BCUT2D eigenvalue weighted by molar-refractivity contribution is -0.665. The number of rotatable bonds is 2. The molecule has 0 spiro atoms. The molecule has 142 valence electrons. The standard InChI is InChI=1S/C27H30N/c1-16(2)21-9-8-10-22-23(21)11-12-24-26(22)15-19(5)28(7)27(24)25-14-17(3)13-18(4)20(25)6/h8-16H,1-7H3/q+1/i15D. The van der Waals surface area contributed by atoms with E-state index >= 15 is 0 Å². The second-order valence-corrected chi connectivity index (χ2v) is 8.46. The van der Waals surface area contributed by atoms with E-state index in [-0.39, 0.29) is 0 Å². The molecule has 0 amide bonds. The molecule has 4 aromatic rings. The summed E-state index contributed by atoms with van der Waals surface area (Å²) in [7, 11) is 2.09. The van der Waals surface area contributed by atoms with Crippen molar-refractivity contribution in [2.45, 2.75) is 47.5 Å². The number of hydrogen-bond donors (Lipinski definition) is 0. The number of hydrogen-bond acceptors (Lipinski definition) is 0. The van der Waals surface area contributed by atoms with E-state index in [1.54, 1.807) is 0 Å². The summed E-state index contributed by atoms with van der Waals surface area (Å²) in [5, 5.41) is 4.67. The second-order valence-electron chi connectivity index (χ2n) is 8.46. The summed E-state index contributed by atoms with van der Waals surface area (Å²) in [6, 6.07) is 16.2. The molecule has 1 nitrogen and oxygen atoms in total. The van der Waals surface area contributed by atoms with Gasteiger partial charge < -0.3 is 0 Å². The monoisotopic (exact) mass is 369 g/mol. The molecular weight excluding hydrogens is 338 g/mol. The highest BCUT2D eigenvalue weighted by Crippen LogP contribution is 2.36. The van der Waals surface area contributed by atoms with Crippen LogP contribution in [-0.2, 0) is 7.05 Å². The van der Waals surface area contributed by atoms with Crippen molar-refractivity contribution in [2.24, 2.45) is 7.05 Å². The lowest BCUT2D eigenvalue weighted by Gasteiger charge is -2.15. The van der Waals surface area contributed by atoms with Gasteiger partial charge in [-0.15, -0.1) is 0 Å². The molecular formula is C27H30N+. The maximum atomic E-state index is 8.97. The van der Waals surface area contributed by atoms with Gasteiger partial charge in [-0.1, -0.05) is 49.7 Å². The predicted octanol–water partition coefficient (Wildman–Crippen LogP) is 6.84. The van der Waals surface area contributed by atoms with Gasteiger partial charge in [0.05, 0.1) is 12.3 Å². The van der Waals surface area contributed by atoms with Crippen LogP contribution in [0.5, 0.6) is 0 Å². The van der Waals surface area contributed by atoms with Crippen LogP contribution in [0.3, 0.4) is 0 Å². The van der Waals surface area contributed by atoms with Crippen LogP contribution in [0, 0.1) is 27.7 Å². The zero-order chi connectivity index (χ0) is 21.0. The largest absolute Gasteiger partial charge is 0.220 e. The van der Waals surface area contributed by atoms with Crippen LogP contribution < -0.4 is 4.57 Å². The molecule has 0 radical (unpaired) electrons. The summed E-state index contributed by atoms with van der Waals surface area (Å²) in [6.07, 6.45) is 0. The Bertz CT molecular complexity index is 1280. The van der Waals surface area contributed by atoms with E-state index in [4.69, 9.17) is 1.37 Å². The lowest BCUT2D eigenvalue weighted by atomic mass is 9.90. The average Bonchev–Trinajstić information content (AvgIpc) is 2.68. The van der Waals surface area contributed by atoms with Crippen molar-refractivity contribution in [3.63, 3.8) is 0 Å². The quantitative estimate of drug-likeness (QED) is 0.269. The maximum Gasteiger partial charge on any atom is 0.220 e. The van der Waals surface area contributed by atoms with Gasteiger partial charge in [-0.05, 0) is 66.3 Å². The third-order valence-electron chi connectivity index (χ3n) is 6.18. The molecule has 1 heterocycles. The molecule has 0 aliphatic rings. The molecule has 0 unspecified atom stereocenters. The summed E-state index contributed by atoms with van der Waals surface area (Å²) in [6.45, 7) is 13.1. The van der Waals surface area contributed by atoms with E-state index in [2.05, 4.69) is 95.6 Å². The minimum atomic E-state index is 0.451. The van der Waals surface area contributed by atoms with Crippen molar-refractivity contribution in [1.29, 1.82) is 0 Å². The molecule has 1 heteroatoms. The number of benzene rings is 3. The molecule has 0 fully saturated rings. The molecule has 3 aromatic carbocycles. The van der Waals surface area contributed by atoms with E-state index in [0.29, 0.717) is 12.0 Å². The SMILES string of the molecule is [2H]c1c(C)[n+](C)c(-c2cc(C)cc(C)c2C)c2ccc3c(C(C)C)cccc3c12. The van der Waals surface area contributed by atoms with Crippen molar-refractivity contribution in [3.8, 4) is 11.3 Å². The molecule has 0 aliphatic carbocycles. The van der Waals surface area contributed by atoms with Crippen LogP contribution in [0.1, 0.15) is 49.1 Å². The van der Waals surface area contributed by atoms with Crippen LogP contribution in [0.2, 0.25) is 0 Å². The van der Waals surface area contributed by atoms with Gasteiger partial charge in [-0.3, -0.25) is 0 Å². The van der Waals surface area contributed by atoms with Gasteiger partial charge in [0, 0.05) is 18.4 Å². The minimum absolute atomic E-state index is 0.451. The van der Waals surface area contributed by atoms with Gasteiger partial charge in [-0.2, -0.15) is 4.57 Å². The Labute approximate surface area is 170 Å². The Morgan fingerprint density at radius 2 is 1.57 bits per heavy atom. The highest BCUT2D eigenvalue weighted by Gasteiger charge is 2.22. The molecule has 0 aliphatic heterocycles. The fraction of sp³-hybridized carbons (Fsp3) is 0.296. The molecule has 0 N–H and O–H groups in total. The van der Waals surface area contributed by atoms with Gasteiger partial charge in [0.25, 0.3) is 0 Å². The number of pyridine rings is 1. The third kappa shape index (κ3) is 2.81. The fourth-order valence-electron chi connectivity index (χ4n) is 4.44. The van der Waals surface area contributed by atoms with Crippen molar-refractivity contribution in [3.05, 3.63) is 76.5 Å². The number of fused-ring (bicyclic) bond motifs is 3. The number of aromatic nitrogens is 1. The van der Waals surface area contributed by atoms with Crippen molar-refractivity contribution >= 4 is 21.5 Å². The highest BCUT2D eigenvalue weighted by molar-refractivity contribution is 6.11. The highest BCUT2D eigenvalue weighted by atomic mass is 14.9. The smallest absolute Gasteiger partial charge is 0.198 e. The van der Waals surface area contributed by atoms with Gasteiger partial charge in [0.2, 0.25) is 5.69 Å². The number of nitrogens with zero attached hydrogens (tertiary/aromatic N) is 1. The topological polar surface area (TPSA) is 3.88 Å². The lowest BCUT2D eigenvalue weighted by Crippen LogP contribution is -2.35. The maximum absolute atomic E-state index is 8.97. The third-order valence-corrected chi connectivity index (χ3v) is 6.18. The Morgan fingerprint density at radius 3 is 2.29 bits per heavy atom. The van der Waals surface area contributed by atoms with E-state index in [9.17, 15) is 0 Å². The molecule has 0 saturated heterocycles. The van der Waals surface area contributed by atoms with E-state index < -0.39 is 0 Å². The minimum Gasteiger partial charge on any atom is -0.198 e. The van der Waals surface area contributed by atoms with Crippen LogP contribution in [0.15, 0.2) is 48.5 Å². The van der Waals surface area contributed by atoms with Gasteiger partial charge in [-0.25, -0.2) is 0 Å². The van der Waals surface area contributed by atoms with Crippen LogP contribution in [-0.4, -0.2) is 0 Å². The molecule has 0 atom stereocenters. The van der Waals surface area contributed by atoms with Gasteiger partial charge in [0.15, 0.2) is 5.69 Å². The second kappa shape index (κ2) is 6.74. The van der Waals surface area contributed by atoms with Crippen LogP contribution >= 0.6 is 0 Å². The predicted molar refractivity (Wildman–Crippen MR) is 121 cm³/mol. The van der Waals surface area contributed by atoms with E-state index in [1.165, 1.54) is 44.3 Å². The van der Waals surface area contributed by atoms with Crippen LogP contribution in [0.4, 0.5) is 0 Å². The zero-order valence-electron chi connectivity index (χ0n) is 19.1. The van der Waals surface area contributed by atoms with Gasteiger partial charge >= 0.3 is 0 Å². The Kier molecular flexibility index (Phi) is 4.19. The summed E-state index contributed by atoms with van der Waals surface area (Å²) in [4.78, 5) is 0. The van der Waals surface area contributed by atoms with Crippen molar-refractivity contribution in [2.75, 3.05) is 0 Å². The molecule has 0 bridgehead atoms.